The van der Waals surface area contributed by atoms with Crippen LogP contribution in [0.4, 0.5) is 20.3 Å². The minimum absolute atomic E-state index is 0.0494. The standard InChI is InChI=1S/C20H23F2N3O3S/c21-17-6-4-15(12-18(17)22)24-29(26,27)16-5-7-19(23-13-16)25-10-11-28-20(14-25)8-2-1-3-9-20/h4-7,12-13,24H,1-3,8-11,14H2. The smallest absolute Gasteiger partial charge is 0.263 e. The predicted molar refractivity (Wildman–Crippen MR) is 105 cm³/mol. The van der Waals surface area contributed by atoms with Crippen LogP contribution in [-0.2, 0) is 14.8 Å². The lowest BCUT2D eigenvalue weighted by Crippen LogP contribution is -2.53. The van der Waals surface area contributed by atoms with Crippen LogP contribution in [0.1, 0.15) is 32.1 Å². The number of ether oxygens (including phenoxy) is 1. The van der Waals surface area contributed by atoms with Crippen molar-refractivity contribution in [2.75, 3.05) is 29.3 Å². The van der Waals surface area contributed by atoms with Crippen molar-refractivity contribution in [2.45, 2.75) is 42.6 Å². The molecule has 2 aromatic rings. The number of hydrogen-bond donors (Lipinski definition) is 1. The molecule has 1 aromatic heterocycles. The number of nitrogens with one attached hydrogen (secondary N) is 1. The zero-order chi connectivity index (χ0) is 20.5. The third kappa shape index (κ3) is 4.35. The largest absolute Gasteiger partial charge is 0.371 e. The van der Waals surface area contributed by atoms with Crippen LogP contribution in [0.25, 0.3) is 0 Å². The second-order valence-corrected chi connectivity index (χ2v) is 9.28. The molecular formula is C20H23F2N3O3S. The first-order valence-corrected chi connectivity index (χ1v) is 11.2. The fraction of sp³-hybridized carbons (Fsp3) is 0.450. The Balaban J connectivity index is 1.48. The van der Waals surface area contributed by atoms with Crippen molar-refractivity contribution in [1.82, 2.24) is 4.98 Å². The zero-order valence-corrected chi connectivity index (χ0v) is 16.7. The van der Waals surface area contributed by atoms with E-state index in [9.17, 15) is 17.2 Å². The lowest BCUT2D eigenvalue weighted by Gasteiger charge is -2.45. The Morgan fingerprint density at radius 3 is 2.55 bits per heavy atom. The van der Waals surface area contributed by atoms with Crippen LogP contribution in [0.2, 0.25) is 0 Å². The molecule has 1 saturated carbocycles. The third-order valence-corrected chi connectivity index (χ3v) is 6.91. The van der Waals surface area contributed by atoms with Crippen molar-refractivity contribution in [1.29, 1.82) is 0 Å². The molecule has 9 heteroatoms. The van der Waals surface area contributed by atoms with Gasteiger partial charge in [-0.25, -0.2) is 22.2 Å². The topological polar surface area (TPSA) is 71.5 Å². The van der Waals surface area contributed by atoms with Gasteiger partial charge in [-0.2, -0.15) is 0 Å². The molecule has 1 spiro atoms. The Bertz CT molecular complexity index is 971. The normalized spacial score (nSPS) is 19.3. The molecule has 1 aliphatic heterocycles. The number of nitrogens with zero attached hydrogens (tertiary/aromatic N) is 2. The van der Waals surface area contributed by atoms with Crippen LogP contribution in [0.3, 0.4) is 0 Å². The van der Waals surface area contributed by atoms with Gasteiger partial charge in [0.25, 0.3) is 10.0 Å². The molecule has 0 bridgehead atoms. The first-order chi connectivity index (χ1) is 13.9. The van der Waals surface area contributed by atoms with Gasteiger partial charge in [0.1, 0.15) is 10.7 Å². The van der Waals surface area contributed by atoms with Crippen LogP contribution in [0.5, 0.6) is 0 Å². The summed E-state index contributed by atoms with van der Waals surface area (Å²) >= 11 is 0. The van der Waals surface area contributed by atoms with Gasteiger partial charge in [-0.1, -0.05) is 19.3 Å². The fourth-order valence-electron chi connectivity index (χ4n) is 4.03. The molecule has 1 aliphatic carbocycles. The summed E-state index contributed by atoms with van der Waals surface area (Å²) in [6.07, 6.45) is 6.91. The molecule has 1 saturated heterocycles. The van der Waals surface area contributed by atoms with Gasteiger partial charge < -0.3 is 9.64 Å². The van der Waals surface area contributed by atoms with Crippen molar-refractivity contribution in [3.05, 3.63) is 48.2 Å². The van der Waals surface area contributed by atoms with Gasteiger partial charge in [-0.3, -0.25) is 4.72 Å². The highest BCUT2D eigenvalue weighted by molar-refractivity contribution is 7.92. The van der Waals surface area contributed by atoms with E-state index in [1.54, 1.807) is 6.07 Å². The van der Waals surface area contributed by atoms with Gasteiger partial charge >= 0.3 is 0 Å². The van der Waals surface area contributed by atoms with E-state index in [2.05, 4.69) is 14.6 Å². The lowest BCUT2D eigenvalue weighted by molar-refractivity contribution is -0.0783. The van der Waals surface area contributed by atoms with Crippen LogP contribution in [0.15, 0.2) is 41.4 Å². The Labute approximate surface area is 168 Å². The highest BCUT2D eigenvalue weighted by atomic mass is 32.2. The first-order valence-electron chi connectivity index (χ1n) is 9.70. The average molecular weight is 423 g/mol. The van der Waals surface area contributed by atoms with Crippen LogP contribution in [0, 0.1) is 11.6 Å². The van der Waals surface area contributed by atoms with Gasteiger partial charge in [0.15, 0.2) is 11.6 Å². The maximum atomic E-state index is 13.3. The van der Waals surface area contributed by atoms with Crippen molar-refractivity contribution in [3.63, 3.8) is 0 Å². The van der Waals surface area contributed by atoms with Gasteiger partial charge in [-0.15, -0.1) is 0 Å². The molecule has 0 amide bonds. The number of hydrogen-bond acceptors (Lipinski definition) is 5. The van der Waals surface area contributed by atoms with E-state index in [1.165, 1.54) is 18.7 Å². The van der Waals surface area contributed by atoms with E-state index < -0.39 is 21.7 Å². The quantitative estimate of drug-likeness (QED) is 0.812. The minimum Gasteiger partial charge on any atom is -0.371 e. The number of benzene rings is 1. The van der Waals surface area contributed by atoms with Crippen molar-refractivity contribution >= 4 is 21.5 Å². The summed E-state index contributed by atoms with van der Waals surface area (Å²) in [4.78, 5) is 6.42. The highest BCUT2D eigenvalue weighted by Gasteiger charge is 2.38. The Morgan fingerprint density at radius 2 is 1.86 bits per heavy atom. The Hall–Kier alpha value is -2.26. The molecular weight excluding hydrogens is 400 g/mol. The molecule has 0 atom stereocenters. The molecule has 29 heavy (non-hydrogen) atoms. The third-order valence-electron chi connectivity index (χ3n) is 5.54. The van der Waals surface area contributed by atoms with E-state index in [1.807, 2.05) is 0 Å². The van der Waals surface area contributed by atoms with Crippen LogP contribution >= 0.6 is 0 Å². The van der Waals surface area contributed by atoms with Crippen molar-refractivity contribution < 1.29 is 21.9 Å². The predicted octanol–water partition coefficient (Wildman–Crippen LogP) is 3.70. The Kier molecular flexibility index (Phi) is 5.44. The molecule has 1 N–H and O–H groups in total. The SMILES string of the molecule is O=S(=O)(Nc1ccc(F)c(F)c1)c1ccc(N2CCOC3(CCCCC3)C2)nc1. The maximum absolute atomic E-state index is 13.3. The van der Waals surface area contributed by atoms with E-state index >= 15 is 0 Å². The van der Waals surface area contributed by atoms with Gasteiger partial charge in [0, 0.05) is 25.4 Å². The molecule has 6 nitrogen and oxygen atoms in total. The number of morpholine rings is 1. The fourth-order valence-corrected chi connectivity index (χ4v) is 5.02. The summed E-state index contributed by atoms with van der Waals surface area (Å²) in [5, 5.41) is 0. The second kappa shape index (κ2) is 7.87. The summed E-state index contributed by atoms with van der Waals surface area (Å²) in [5.41, 5.74) is -0.183. The van der Waals surface area contributed by atoms with E-state index in [-0.39, 0.29) is 16.2 Å². The van der Waals surface area contributed by atoms with E-state index in [0.717, 1.165) is 50.4 Å². The summed E-state index contributed by atoms with van der Waals surface area (Å²) < 4.78 is 59.7. The molecule has 2 aliphatic rings. The molecule has 0 unspecified atom stereocenters. The average Bonchev–Trinajstić information content (AvgIpc) is 2.71. The number of aromatic nitrogens is 1. The molecule has 0 radical (unpaired) electrons. The first kappa shape index (κ1) is 20.0. The minimum atomic E-state index is -3.96. The number of sulfonamides is 1. The molecule has 156 valence electrons. The number of anilines is 2. The van der Waals surface area contributed by atoms with E-state index in [0.29, 0.717) is 19.0 Å². The summed E-state index contributed by atoms with van der Waals surface area (Å²) in [5.74, 6) is -1.46. The summed E-state index contributed by atoms with van der Waals surface area (Å²) in [6, 6.07) is 5.96. The molecule has 1 aromatic carbocycles. The van der Waals surface area contributed by atoms with Crippen molar-refractivity contribution in [3.8, 4) is 0 Å². The van der Waals surface area contributed by atoms with E-state index in [4.69, 9.17) is 4.74 Å². The van der Waals surface area contributed by atoms with Crippen molar-refractivity contribution in [2.24, 2.45) is 0 Å². The zero-order valence-electron chi connectivity index (χ0n) is 15.9. The van der Waals surface area contributed by atoms with Gasteiger partial charge in [0.05, 0.1) is 17.9 Å². The maximum Gasteiger partial charge on any atom is 0.263 e. The van der Waals surface area contributed by atoms with Crippen LogP contribution < -0.4 is 9.62 Å². The number of pyridine rings is 1. The number of halogens is 2. The molecule has 2 fully saturated rings. The summed E-state index contributed by atoms with van der Waals surface area (Å²) in [6.45, 7) is 2.08. The number of rotatable bonds is 4. The van der Waals surface area contributed by atoms with Gasteiger partial charge in [-0.05, 0) is 37.1 Å². The summed E-state index contributed by atoms with van der Waals surface area (Å²) in [7, 11) is -3.96. The van der Waals surface area contributed by atoms with Gasteiger partial charge in [0.2, 0.25) is 0 Å². The van der Waals surface area contributed by atoms with Crippen LogP contribution in [-0.4, -0.2) is 38.7 Å². The highest BCUT2D eigenvalue weighted by Crippen LogP contribution is 2.35. The second-order valence-electron chi connectivity index (χ2n) is 7.60. The lowest BCUT2D eigenvalue weighted by atomic mass is 9.83. The molecule has 4 rings (SSSR count). The molecule has 2 heterocycles. The Morgan fingerprint density at radius 1 is 1.07 bits per heavy atom. The monoisotopic (exact) mass is 423 g/mol.